The van der Waals surface area contributed by atoms with Crippen LogP contribution < -0.4 is 5.32 Å². The molecule has 6 heteroatoms. The van der Waals surface area contributed by atoms with Crippen LogP contribution in [0, 0.1) is 0 Å². The number of hydrogen-bond acceptors (Lipinski definition) is 2. The summed E-state index contributed by atoms with van der Waals surface area (Å²) in [5.74, 6) is -0.219. The Hall–Kier alpha value is -1.82. The van der Waals surface area contributed by atoms with Crippen LogP contribution in [0.15, 0.2) is 41.8 Å². The highest BCUT2D eigenvalue weighted by atomic mass is 32.1. The van der Waals surface area contributed by atoms with Crippen molar-refractivity contribution in [2.75, 3.05) is 5.32 Å². The number of rotatable bonds is 4. The molecule has 0 saturated carbocycles. The average Bonchev–Trinajstić information content (AvgIpc) is 2.91. The van der Waals surface area contributed by atoms with Crippen molar-refractivity contribution in [2.45, 2.75) is 19.0 Å². The molecule has 0 aliphatic carbocycles. The minimum absolute atomic E-state index is 0.0529. The van der Waals surface area contributed by atoms with Gasteiger partial charge >= 0.3 is 6.18 Å². The predicted octanol–water partition coefficient (Wildman–Crippen LogP) is 4.50. The largest absolute Gasteiger partial charge is 0.389 e. The summed E-state index contributed by atoms with van der Waals surface area (Å²) >= 11 is 1.33. The van der Waals surface area contributed by atoms with E-state index in [1.54, 1.807) is 41.8 Å². The van der Waals surface area contributed by atoms with Gasteiger partial charge < -0.3 is 5.32 Å². The summed E-state index contributed by atoms with van der Waals surface area (Å²) in [5.41, 5.74) is 1.16. The van der Waals surface area contributed by atoms with Crippen LogP contribution in [0.1, 0.15) is 21.7 Å². The van der Waals surface area contributed by atoms with E-state index < -0.39 is 12.6 Å². The molecular weight excluding hydrogens is 287 g/mol. The van der Waals surface area contributed by atoms with E-state index in [1.165, 1.54) is 11.3 Å². The van der Waals surface area contributed by atoms with E-state index >= 15 is 0 Å². The van der Waals surface area contributed by atoms with E-state index in [-0.39, 0.29) is 12.3 Å². The lowest BCUT2D eigenvalue weighted by Gasteiger charge is -2.07. The summed E-state index contributed by atoms with van der Waals surface area (Å²) in [4.78, 5) is 12.4. The maximum absolute atomic E-state index is 12.1. The maximum Gasteiger partial charge on any atom is 0.389 e. The van der Waals surface area contributed by atoms with Crippen LogP contribution in [0.3, 0.4) is 0 Å². The van der Waals surface area contributed by atoms with E-state index in [9.17, 15) is 18.0 Å². The molecular formula is C14H12F3NOS. The lowest BCUT2D eigenvalue weighted by Crippen LogP contribution is -2.10. The molecule has 0 aliphatic heterocycles. The minimum Gasteiger partial charge on any atom is -0.321 e. The molecule has 0 bridgehead atoms. The van der Waals surface area contributed by atoms with Gasteiger partial charge in [0.25, 0.3) is 5.91 Å². The van der Waals surface area contributed by atoms with Gasteiger partial charge in [-0.1, -0.05) is 18.2 Å². The molecule has 1 heterocycles. The second-order valence-corrected chi connectivity index (χ2v) is 5.19. The summed E-state index contributed by atoms with van der Waals surface area (Å²) in [6.07, 6.45) is -5.04. The van der Waals surface area contributed by atoms with Gasteiger partial charge in [-0.25, -0.2) is 0 Å². The second kappa shape index (κ2) is 6.09. The Morgan fingerprint density at radius 2 is 1.85 bits per heavy atom. The number of halogens is 3. The fraction of sp³-hybridized carbons (Fsp3) is 0.214. The SMILES string of the molecule is O=C(Nc1ccc(CCC(F)(F)F)cc1)c1cccs1. The Bertz CT molecular complexity index is 561. The first-order valence-corrected chi connectivity index (χ1v) is 6.82. The average molecular weight is 299 g/mol. The van der Waals surface area contributed by atoms with Crippen molar-refractivity contribution >= 4 is 22.9 Å². The number of carbonyl (C=O) groups is 1. The zero-order chi connectivity index (χ0) is 14.6. The van der Waals surface area contributed by atoms with E-state index in [0.717, 1.165) is 0 Å². The molecule has 1 aromatic heterocycles. The van der Waals surface area contributed by atoms with Crippen LogP contribution in [0.4, 0.5) is 18.9 Å². The standard InChI is InChI=1S/C14H12F3NOS/c15-14(16,17)8-7-10-3-5-11(6-4-10)18-13(19)12-2-1-9-20-12/h1-6,9H,7-8H2,(H,18,19). The van der Waals surface area contributed by atoms with Gasteiger partial charge in [-0.2, -0.15) is 13.2 Å². The van der Waals surface area contributed by atoms with Crippen molar-refractivity contribution in [1.82, 2.24) is 0 Å². The van der Waals surface area contributed by atoms with Crippen molar-refractivity contribution in [3.05, 3.63) is 52.2 Å². The summed E-state index contributed by atoms with van der Waals surface area (Å²) in [6.45, 7) is 0. The van der Waals surface area contributed by atoms with Gasteiger partial charge in [0.2, 0.25) is 0 Å². The lowest BCUT2D eigenvalue weighted by atomic mass is 10.1. The van der Waals surface area contributed by atoms with Gasteiger partial charge in [0.1, 0.15) is 0 Å². The lowest BCUT2D eigenvalue weighted by molar-refractivity contribution is -0.133. The first-order chi connectivity index (χ1) is 9.44. The molecule has 1 amide bonds. The zero-order valence-corrected chi connectivity index (χ0v) is 11.2. The highest BCUT2D eigenvalue weighted by Crippen LogP contribution is 2.22. The fourth-order valence-electron chi connectivity index (χ4n) is 1.64. The Labute approximate surface area is 118 Å². The van der Waals surface area contributed by atoms with E-state index in [0.29, 0.717) is 16.1 Å². The Kier molecular flexibility index (Phi) is 4.44. The molecule has 1 N–H and O–H groups in total. The molecule has 0 atom stereocenters. The third kappa shape index (κ3) is 4.38. The molecule has 0 spiro atoms. The van der Waals surface area contributed by atoms with Crippen LogP contribution in [-0.2, 0) is 6.42 Å². The summed E-state index contributed by atoms with van der Waals surface area (Å²) in [7, 11) is 0. The monoisotopic (exact) mass is 299 g/mol. The number of nitrogens with one attached hydrogen (secondary N) is 1. The van der Waals surface area contributed by atoms with Crippen molar-refractivity contribution < 1.29 is 18.0 Å². The van der Waals surface area contributed by atoms with Gasteiger partial charge in [0.05, 0.1) is 4.88 Å². The molecule has 106 valence electrons. The molecule has 0 fully saturated rings. The van der Waals surface area contributed by atoms with Gasteiger partial charge in [-0.15, -0.1) is 11.3 Å². The number of thiophene rings is 1. The molecule has 20 heavy (non-hydrogen) atoms. The van der Waals surface area contributed by atoms with Gasteiger partial charge in [0, 0.05) is 12.1 Å². The fourth-order valence-corrected chi connectivity index (χ4v) is 2.26. The predicted molar refractivity (Wildman–Crippen MR) is 73.1 cm³/mol. The number of anilines is 1. The molecule has 2 rings (SSSR count). The van der Waals surface area contributed by atoms with Crippen molar-refractivity contribution in [3.63, 3.8) is 0 Å². The number of hydrogen-bond donors (Lipinski definition) is 1. The molecule has 2 aromatic rings. The number of amides is 1. The Morgan fingerprint density at radius 1 is 1.15 bits per heavy atom. The van der Waals surface area contributed by atoms with Gasteiger partial charge in [-0.3, -0.25) is 4.79 Å². The Morgan fingerprint density at radius 3 is 2.40 bits per heavy atom. The molecule has 0 saturated heterocycles. The third-order valence-corrected chi connectivity index (χ3v) is 3.52. The maximum atomic E-state index is 12.1. The van der Waals surface area contributed by atoms with E-state index in [2.05, 4.69) is 5.32 Å². The van der Waals surface area contributed by atoms with Crippen LogP contribution in [-0.4, -0.2) is 12.1 Å². The molecule has 0 radical (unpaired) electrons. The number of carbonyl (C=O) groups excluding carboxylic acids is 1. The van der Waals surface area contributed by atoms with Crippen LogP contribution in [0.5, 0.6) is 0 Å². The molecule has 1 aromatic carbocycles. The smallest absolute Gasteiger partial charge is 0.321 e. The molecule has 0 unspecified atom stereocenters. The van der Waals surface area contributed by atoms with Crippen molar-refractivity contribution in [3.8, 4) is 0 Å². The summed E-state index contributed by atoms with van der Waals surface area (Å²) in [5, 5.41) is 4.49. The van der Waals surface area contributed by atoms with Gasteiger partial charge in [-0.05, 0) is 35.6 Å². The highest BCUT2D eigenvalue weighted by molar-refractivity contribution is 7.12. The number of benzene rings is 1. The molecule has 0 aliphatic rings. The van der Waals surface area contributed by atoms with Crippen LogP contribution in [0.2, 0.25) is 0 Å². The first-order valence-electron chi connectivity index (χ1n) is 5.94. The highest BCUT2D eigenvalue weighted by Gasteiger charge is 2.26. The summed E-state index contributed by atoms with van der Waals surface area (Å²) in [6, 6.07) is 9.89. The van der Waals surface area contributed by atoms with Gasteiger partial charge in [0.15, 0.2) is 0 Å². The Balaban J connectivity index is 1.93. The quantitative estimate of drug-likeness (QED) is 0.885. The third-order valence-electron chi connectivity index (χ3n) is 2.65. The topological polar surface area (TPSA) is 29.1 Å². The number of alkyl halides is 3. The molecule has 2 nitrogen and oxygen atoms in total. The zero-order valence-electron chi connectivity index (χ0n) is 10.4. The minimum atomic E-state index is -4.15. The van der Waals surface area contributed by atoms with Crippen LogP contribution in [0.25, 0.3) is 0 Å². The normalized spacial score (nSPS) is 11.3. The van der Waals surface area contributed by atoms with E-state index in [4.69, 9.17) is 0 Å². The van der Waals surface area contributed by atoms with Crippen LogP contribution >= 0.6 is 11.3 Å². The van der Waals surface area contributed by atoms with Crippen molar-refractivity contribution in [2.24, 2.45) is 0 Å². The van der Waals surface area contributed by atoms with Crippen molar-refractivity contribution in [1.29, 1.82) is 0 Å². The second-order valence-electron chi connectivity index (χ2n) is 4.24. The number of aryl methyl sites for hydroxylation is 1. The van der Waals surface area contributed by atoms with E-state index in [1.807, 2.05) is 0 Å². The first kappa shape index (κ1) is 14.6. The summed E-state index contributed by atoms with van der Waals surface area (Å²) < 4.78 is 36.3.